The summed E-state index contributed by atoms with van der Waals surface area (Å²) in [5.41, 5.74) is 5.36. The highest BCUT2D eigenvalue weighted by atomic mass is 35.5. The van der Waals surface area contributed by atoms with Crippen LogP contribution in [0.4, 0.5) is 0 Å². The third-order valence-electron chi connectivity index (χ3n) is 4.19. The second-order valence-corrected chi connectivity index (χ2v) is 6.38. The summed E-state index contributed by atoms with van der Waals surface area (Å²) in [4.78, 5) is 0. The first-order valence-corrected chi connectivity index (χ1v) is 8.81. The fourth-order valence-corrected chi connectivity index (χ4v) is 3.01. The summed E-state index contributed by atoms with van der Waals surface area (Å²) in [7, 11) is 0. The van der Waals surface area contributed by atoms with Gasteiger partial charge >= 0.3 is 0 Å². The average Bonchev–Trinajstić information content (AvgIpc) is 3.13. The van der Waals surface area contributed by atoms with Crippen molar-refractivity contribution in [2.75, 3.05) is 0 Å². The molecular formula is C23H17ClN2. The minimum atomic E-state index is 0.720. The molecular weight excluding hydrogens is 340 g/mol. The molecule has 3 heteroatoms. The van der Waals surface area contributed by atoms with Gasteiger partial charge in [0.1, 0.15) is 0 Å². The molecule has 3 aromatic carbocycles. The topological polar surface area (TPSA) is 17.3 Å². The van der Waals surface area contributed by atoms with Crippen LogP contribution in [0, 0.1) is 0 Å². The number of benzene rings is 3. The summed E-state index contributed by atoms with van der Waals surface area (Å²) >= 11 is 5.97. The van der Waals surface area contributed by atoms with Crippen molar-refractivity contribution in [2.45, 2.75) is 0 Å². The molecule has 0 aliphatic carbocycles. The molecule has 26 heavy (non-hydrogen) atoms. The van der Waals surface area contributed by atoms with Gasteiger partial charge < -0.3 is 0 Å². The third-order valence-corrected chi connectivity index (χ3v) is 4.44. The van der Waals surface area contributed by atoms with Gasteiger partial charge in [0, 0.05) is 16.1 Å². The first-order valence-electron chi connectivity index (χ1n) is 8.44. The molecule has 1 heterocycles. The highest BCUT2D eigenvalue weighted by Crippen LogP contribution is 2.28. The Morgan fingerprint density at radius 1 is 0.615 bits per heavy atom. The SMILES string of the molecule is Clc1ccc(/C=N/n2c(-c3ccccc3)ccc2-c2ccccc2)cc1. The lowest BCUT2D eigenvalue weighted by Crippen LogP contribution is -1.96. The third kappa shape index (κ3) is 3.46. The second kappa shape index (κ2) is 7.42. The van der Waals surface area contributed by atoms with Crippen LogP contribution >= 0.6 is 11.6 Å². The molecule has 0 spiro atoms. The van der Waals surface area contributed by atoms with Gasteiger partial charge in [0.15, 0.2) is 0 Å². The fourth-order valence-electron chi connectivity index (χ4n) is 2.88. The van der Waals surface area contributed by atoms with E-state index in [1.54, 1.807) is 0 Å². The Balaban J connectivity index is 1.81. The fraction of sp³-hybridized carbons (Fsp3) is 0. The number of rotatable bonds is 4. The van der Waals surface area contributed by atoms with E-state index in [9.17, 15) is 0 Å². The lowest BCUT2D eigenvalue weighted by molar-refractivity contribution is 0.912. The monoisotopic (exact) mass is 356 g/mol. The molecule has 0 unspecified atom stereocenters. The molecule has 0 saturated carbocycles. The van der Waals surface area contributed by atoms with Crippen LogP contribution < -0.4 is 0 Å². The lowest BCUT2D eigenvalue weighted by atomic mass is 10.2. The van der Waals surface area contributed by atoms with Crippen molar-refractivity contribution < 1.29 is 0 Å². The zero-order valence-electron chi connectivity index (χ0n) is 14.1. The Morgan fingerprint density at radius 3 is 1.62 bits per heavy atom. The first-order chi connectivity index (χ1) is 12.8. The van der Waals surface area contributed by atoms with Gasteiger partial charge in [-0.1, -0.05) is 84.4 Å². The van der Waals surface area contributed by atoms with Crippen LogP contribution in [0.15, 0.2) is 102 Å². The van der Waals surface area contributed by atoms with Crippen molar-refractivity contribution in [1.29, 1.82) is 0 Å². The van der Waals surface area contributed by atoms with E-state index >= 15 is 0 Å². The van der Waals surface area contributed by atoms with E-state index < -0.39 is 0 Å². The van der Waals surface area contributed by atoms with Crippen molar-refractivity contribution in [3.8, 4) is 22.5 Å². The number of hydrogen-bond acceptors (Lipinski definition) is 1. The molecule has 0 N–H and O–H groups in total. The van der Waals surface area contributed by atoms with Gasteiger partial charge in [0.25, 0.3) is 0 Å². The maximum Gasteiger partial charge on any atom is 0.0725 e. The molecule has 0 aliphatic rings. The van der Waals surface area contributed by atoms with Crippen molar-refractivity contribution in [3.63, 3.8) is 0 Å². The van der Waals surface area contributed by atoms with Gasteiger partial charge in [-0.2, -0.15) is 5.10 Å². The summed E-state index contributed by atoms with van der Waals surface area (Å²) in [6.45, 7) is 0. The van der Waals surface area contributed by atoms with E-state index in [0.29, 0.717) is 0 Å². The van der Waals surface area contributed by atoms with E-state index in [1.165, 1.54) is 0 Å². The molecule has 0 fully saturated rings. The smallest absolute Gasteiger partial charge is 0.0725 e. The summed E-state index contributed by atoms with van der Waals surface area (Å²) in [6.07, 6.45) is 1.86. The number of halogens is 1. The van der Waals surface area contributed by atoms with E-state index in [-0.39, 0.29) is 0 Å². The Hall–Kier alpha value is -3.10. The van der Waals surface area contributed by atoms with Gasteiger partial charge in [-0.05, 0) is 29.8 Å². The van der Waals surface area contributed by atoms with Crippen LogP contribution in [0.2, 0.25) is 5.02 Å². The molecule has 4 aromatic rings. The maximum absolute atomic E-state index is 5.97. The van der Waals surface area contributed by atoms with E-state index in [1.807, 2.05) is 71.6 Å². The molecule has 4 rings (SSSR count). The van der Waals surface area contributed by atoms with Crippen LogP contribution in [0.3, 0.4) is 0 Å². The highest BCUT2D eigenvalue weighted by Gasteiger charge is 2.10. The van der Waals surface area contributed by atoms with Crippen LogP contribution in [0.1, 0.15) is 5.56 Å². The molecule has 0 radical (unpaired) electrons. The number of nitrogens with zero attached hydrogens (tertiary/aromatic N) is 2. The Labute approximate surface area is 158 Å². The summed E-state index contributed by atoms with van der Waals surface area (Å²) in [5.74, 6) is 0. The van der Waals surface area contributed by atoms with Crippen LogP contribution in [0.5, 0.6) is 0 Å². The molecule has 0 atom stereocenters. The molecule has 0 bridgehead atoms. The molecule has 126 valence electrons. The molecule has 2 nitrogen and oxygen atoms in total. The quantitative estimate of drug-likeness (QED) is 0.379. The van der Waals surface area contributed by atoms with Crippen LogP contribution in [-0.4, -0.2) is 10.9 Å². The van der Waals surface area contributed by atoms with E-state index in [2.05, 4.69) is 36.4 Å². The zero-order chi connectivity index (χ0) is 17.8. The van der Waals surface area contributed by atoms with Gasteiger partial charge in [-0.25, -0.2) is 4.68 Å². The Morgan fingerprint density at radius 2 is 1.12 bits per heavy atom. The van der Waals surface area contributed by atoms with E-state index in [4.69, 9.17) is 16.7 Å². The average molecular weight is 357 g/mol. The van der Waals surface area contributed by atoms with Crippen LogP contribution in [-0.2, 0) is 0 Å². The summed E-state index contributed by atoms with van der Waals surface area (Å²) in [6, 6.07) is 32.5. The minimum Gasteiger partial charge on any atom is -0.233 e. The van der Waals surface area contributed by atoms with Crippen molar-refractivity contribution in [2.24, 2.45) is 5.10 Å². The molecule has 0 saturated heterocycles. The standard InChI is InChI=1S/C23H17ClN2/c24-21-13-11-18(12-14-21)17-25-26-22(19-7-3-1-4-8-19)15-16-23(26)20-9-5-2-6-10-20/h1-17H/b25-17+. The molecule has 0 aliphatic heterocycles. The summed E-state index contributed by atoms with van der Waals surface area (Å²) in [5, 5.41) is 5.49. The van der Waals surface area contributed by atoms with Gasteiger partial charge in [0.2, 0.25) is 0 Å². The van der Waals surface area contributed by atoms with Gasteiger partial charge in [-0.15, -0.1) is 0 Å². The van der Waals surface area contributed by atoms with Crippen molar-refractivity contribution in [1.82, 2.24) is 4.68 Å². The maximum atomic E-state index is 5.97. The predicted molar refractivity (Wildman–Crippen MR) is 110 cm³/mol. The van der Waals surface area contributed by atoms with Crippen molar-refractivity contribution >= 4 is 17.8 Å². The molecule has 0 amide bonds. The summed E-state index contributed by atoms with van der Waals surface area (Å²) < 4.78 is 1.99. The largest absolute Gasteiger partial charge is 0.233 e. The first kappa shape index (κ1) is 16.4. The normalized spacial score (nSPS) is 11.1. The minimum absolute atomic E-state index is 0.720. The molecule has 1 aromatic heterocycles. The van der Waals surface area contributed by atoms with Gasteiger partial charge in [-0.3, -0.25) is 0 Å². The van der Waals surface area contributed by atoms with Gasteiger partial charge in [0.05, 0.1) is 17.6 Å². The Kier molecular flexibility index (Phi) is 4.67. The zero-order valence-corrected chi connectivity index (χ0v) is 14.8. The van der Waals surface area contributed by atoms with Crippen LogP contribution in [0.25, 0.3) is 22.5 Å². The predicted octanol–water partition coefficient (Wildman–Crippen LogP) is 6.36. The lowest BCUT2D eigenvalue weighted by Gasteiger charge is -2.09. The number of aromatic nitrogens is 1. The number of hydrogen-bond donors (Lipinski definition) is 0. The Bertz CT molecular complexity index is 960. The highest BCUT2D eigenvalue weighted by molar-refractivity contribution is 6.30. The van der Waals surface area contributed by atoms with E-state index in [0.717, 1.165) is 33.1 Å². The second-order valence-electron chi connectivity index (χ2n) is 5.94. The van der Waals surface area contributed by atoms with Crippen molar-refractivity contribution in [3.05, 3.63) is 108 Å².